The summed E-state index contributed by atoms with van der Waals surface area (Å²) in [6.45, 7) is 2.23. The largest absolute Gasteiger partial charge is 0.405 e. The number of piperidine rings is 1. The third-order valence-corrected chi connectivity index (χ3v) is 3.43. The molecular weight excluding hydrogens is 222 g/mol. The Morgan fingerprint density at radius 1 is 0.778 bits per heavy atom. The molecule has 0 N–H and O–H groups in total. The lowest BCUT2D eigenvalue weighted by molar-refractivity contribution is 0.377. The van der Waals surface area contributed by atoms with Gasteiger partial charge in [-0.05, 0) is 18.6 Å². The normalized spacial score (nSPS) is 15.7. The van der Waals surface area contributed by atoms with Gasteiger partial charge in [0, 0.05) is 18.4 Å². The molecule has 0 atom stereocenters. The molecule has 0 spiro atoms. The summed E-state index contributed by atoms with van der Waals surface area (Å²) in [6, 6.07) is 16.4. The minimum absolute atomic E-state index is 0.943. The minimum Gasteiger partial charge on any atom is -0.405 e. The Kier molecular flexibility index (Phi) is 3.26. The first-order chi connectivity index (χ1) is 8.93. The van der Waals surface area contributed by atoms with Gasteiger partial charge < -0.3 is 4.42 Å². The van der Waals surface area contributed by atoms with Gasteiger partial charge in [0.15, 0.2) is 0 Å². The molecular formula is C16H18NO+. The molecule has 2 heterocycles. The van der Waals surface area contributed by atoms with Crippen LogP contribution >= 0.6 is 0 Å². The quantitative estimate of drug-likeness (QED) is 0.700. The first-order valence-corrected chi connectivity index (χ1v) is 6.67. The third-order valence-electron chi connectivity index (χ3n) is 3.43. The van der Waals surface area contributed by atoms with Crippen molar-refractivity contribution in [2.24, 2.45) is 0 Å². The van der Waals surface area contributed by atoms with Gasteiger partial charge in [0.05, 0.1) is 6.07 Å². The van der Waals surface area contributed by atoms with Crippen molar-refractivity contribution in [2.45, 2.75) is 19.3 Å². The number of hydrogen-bond donors (Lipinski definition) is 0. The molecule has 2 nitrogen and oxygen atoms in total. The summed E-state index contributed by atoms with van der Waals surface area (Å²) < 4.78 is 8.37. The zero-order valence-corrected chi connectivity index (χ0v) is 10.5. The molecule has 1 aromatic carbocycles. The zero-order chi connectivity index (χ0) is 12.2. The second kappa shape index (κ2) is 5.21. The first kappa shape index (κ1) is 11.3. The fourth-order valence-electron chi connectivity index (χ4n) is 2.44. The summed E-state index contributed by atoms with van der Waals surface area (Å²) in [7, 11) is 0. The maximum absolute atomic E-state index is 6.03. The summed E-state index contributed by atoms with van der Waals surface area (Å²) in [4.78, 5) is 0. The molecule has 2 aromatic rings. The van der Waals surface area contributed by atoms with Gasteiger partial charge >= 0.3 is 5.55 Å². The zero-order valence-electron chi connectivity index (χ0n) is 10.5. The predicted octanol–water partition coefficient (Wildman–Crippen LogP) is 2.90. The standard InChI is InChI=1S/C16H18NO/c1-3-8-14(9-4-1)15-10-7-11-16(18-15)17-12-5-2-6-13-17/h1,3-4,7-11H,2,5-6,12-13H2/q+1. The van der Waals surface area contributed by atoms with Crippen LogP contribution in [-0.2, 0) is 0 Å². The molecule has 0 unspecified atom stereocenters. The summed E-state index contributed by atoms with van der Waals surface area (Å²) in [5.74, 6) is 0.943. The van der Waals surface area contributed by atoms with Crippen molar-refractivity contribution in [3.05, 3.63) is 54.1 Å². The number of nitrogens with zero attached hydrogens (tertiary/aromatic N) is 1. The number of rotatable bonds is 1. The van der Waals surface area contributed by atoms with Crippen molar-refractivity contribution in [2.75, 3.05) is 13.1 Å². The monoisotopic (exact) mass is 240 g/mol. The SMILES string of the molecule is c1ccc(-c2cccc(=[N+]3CCCCC3)o2)cc1. The summed E-state index contributed by atoms with van der Waals surface area (Å²) in [5, 5.41) is 0. The fourth-order valence-corrected chi connectivity index (χ4v) is 2.44. The molecule has 1 aromatic heterocycles. The van der Waals surface area contributed by atoms with E-state index in [2.05, 4.69) is 28.8 Å². The van der Waals surface area contributed by atoms with E-state index in [-0.39, 0.29) is 0 Å². The molecule has 0 aliphatic carbocycles. The molecule has 92 valence electrons. The third kappa shape index (κ3) is 2.37. The van der Waals surface area contributed by atoms with Crippen molar-refractivity contribution in [1.82, 2.24) is 4.58 Å². The van der Waals surface area contributed by atoms with Gasteiger partial charge in [0.1, 0.15) is 18.8 Å². The van der Waals surface area contributed by atoms with Gasteiger partial charge in [0.25, 0.3) is 0 Å². The number of benzene rings is 1. The van der Waals surface area contributed by atoms with E-state index >= 15 is 0 Å². The van der Waals surface area contributed by atoms with Crippen molar-refractivity contribution in [1.29, 1.82) is 0 Å². The van der Waals surface area contributed by atoms with Crippen LogP contribution in [0.4, 0.5) is 0 Å². The van der Waals surface area contributed by atoms with E-state index in [0.717, 1.165) is 30.0 Å². The van der Waals surface area contributed by atoms with Crippen molar-refractivity contribution in [3.8, 4) is 11.3 Å². The van der Waals surface area contributed by atoms with E-state index in [1.54, 1.807) is 0 Å². The molecule has 18 heavy (non-hydrogen) atoms. The molecule has 1 aliphatic heterocycles. The van der Waals surface area contributed by atoms with Gasteiger partial charge in [-0.2, -0.15) is 4.58 Å². The van der Waals surface area contributed by atoms with Gasteiger partial charge in [-0.15, -0.1) is 0 Å². The van der Waals surface area contributed by atoms with Crippen molar-refractivity contribution >= 4 is 0 Å². The Labute approximate surface area is 107 Å². The lowest BCUT2D eigenvalue weighted by atomic mass is 10.1. The van der Waals surface area contributed by atoms with Crippen LogP contribution in [0, 0.1) is 0 Å². The van der Waals surface area contributed by atoms with E-state index in [1.807, 2.05) is 24.3 Å². The van der Waals surface area contributed by atoms with Crippen LogP contribution in [-0.4, -0.2) is 13.1 Å². The molecule has 1 fully saturated rings. The van der Waals surface area contributed by atoms with Gasteiger partial charge in [-0.3, -0.25) is 0 Å². The van der Waals surface area contributed by atoms with E-state index in [0.29, 0.717) is 0 Å². The topological polar surface area (TPSA) is 16.1 Å². The van der Waals surface area contributed by atoms with Crippen LogP contribution in [0.5, 0.6) is 0 Å². The second-order valence-electron chi connectivity index (χ2n) is 4.74. The lowest BCUT2D eigenvalue weighted by Crippen LogP contribution is -2.34. The highest BCUT2D eigenvalue weighted by atomic mass is 16.3. The maximum Gasteiger partial charge on any atom is 0.367 e. The van der Waals surface area contributed by atoms with Crippen LogP contribution in [0.3, 0.4) is 0 Å². The molecule has 0 amide bonds. The molecule has 1 aliphatic rings. The predicted molar refractivity (Wildman–Crippen MR) is 73.0 cm³/mol. The maximum atomic E-state index is 6.03. The Morgan fingerprint density at radius 3 is 2.33 bits per heavy atom. The van der Waals surface area contributed by atoms with Crippen LogP contribution in [0.2, 0.25) is 0 Å². The summed E-state index contributed by atoms with van der Waals surface area (Å²) >= 11 is 0. The Balaban J connectivity index is 2.04. The van der Waals surface area contributed by atoms with Crippen LogP contribution in [0.1, 0.15) is 19.3 Å². The van der Waals surface area contributed by atoms with Gasteiger partial charge in [-0.1, -0.05) is 30.3 Å². The average molecular weight is 240 g/mol. The second-order valence-corrected chi connectivity index (χ2v) is 4.74. The van der Waals surface area contributed by atoms with Crippen molar-refractivity contribution in [3.63, 3.8) is 0 Å². The van der Waals surface area contributed by atoms with Gasteiger partial charge in [0.2, 0.25) is 0 Å². The van der Waals surface area contributed by atoms with E-state index < -0.39 is 0 Å². The average Bonchev–Trinajstić information content (AvgIpc) is 2.49. The van der Waals surface area contributed by atoms with E-state index in [9.17, 15) is 0 Å². The smallest absolute Gasteiger partial charge is 0.367 e. The Bertz CT molecular complexity index is 575. The van der Waals surface area contributed by atoms with Crippen LogP contribution < -0.4 is 10.1 Å². The van der Waals surface area contributed by atoms with Gasteiger partial charge in [-0.25, -0.2) is 0 Å². The molecule has 2 heteroatoms. The Hall–Kier alpha value is -1.83. The lowest BCUT2D eigenvalue weighted by Gasteiger charge is -2.08. The molecule has 0 radical (unpaired) electrons. The highest BCUT2D eigenvalue weighted by Crippen LogP contribution is 2.16. The van der Waals surface area contributed by atoms with E-state index in [1.165, 1.54) is 19.3 Å². The molecule has 0 saturated carbocycles. The van der Waals surface area contributed by atoms with Crippen LogP contribution in [0.15, 0.2) is 52.9 Å². The molecule has 0 bridgehead atoms. The Morgan fingerprint density at radius 2 is 1.56 bits per heavy atom. The highest BCUT2D eigenvalue weighted by Gasteiger charge is 2.13. The molecule has 1 saturated heterocycles. The minimum atomic E-state index is 0.943. The number of hydrogen-bond acceptors (Lipinski definition) is 1. The summed E-state index contributed by atoms with van der Waals surface area (Å²) in [6.07, 6.45) is 3.88. The summed E-state index contributed by atoms with van der Waals surface area (Å²) in [5.41, 5.74) is 2.13. The molecule has 3 rings (SSSR count). The van der Waals surface area contributed by atoms with Crippen LogP contribution in [0.25, 0.3) is 11.3 Å². The first-order valence-electron chi connectivity index (χ1n) is 6.67. The van der Waals surface area contributed by atoms with Crippen molar-refractivity contribution < 1.29 is 4.42 Å². The van der Waals surface area contributed by atoms with E-state index in [4.69, 9.17) is 4.42 Å². The highest BCUT2D eigenvalue weighted by molar-refractivity contribution is 5.56. The fraction of sp³-hybridized carbons (Fsp3) is 0.312.